The molecule has 1 heterocycles. The number of piperidine rings is 1. The molecule has 1 aliphatic heterocycles. The van der Waals surface area contributed by atoms with E-state index in [4.69, 9.17) is 5.11 Å². The Bertz CT molecular complexity index is 372. The number of nitrogens with one attached hydrogen (secondary N) is 1. The fraction of sp³-hybridized carbons (Fsp3) is 0.867. The molecule has 20 heavy (non-hydrogen) atoms. The molecule has 2 rings (SSSR count). The molecule has 0 spiro atoms. The van der Waals surface area contributed by atoms with Gasteiger partial charge in [0, 0.05) is 25.6 Å². The lowest BCUT2D eigenvalue weighted by Crippen LogP contribution is -2.47. The maximum Gasteiger partial charge on any atom is 0.317 e. The van der Waals surface area contributed by atoms with Gasteiger partial charge < -0.3 is 15.3 Å². The van der Waals surface area contributed by atoms with Crippen LogP contribution in [0.15, 0.2) is 0 Å². The Balaban J connectivity index is 1.80. The second kappa shape index (κ2) is 6.46. The molecule has 0 radical (unpaired) electrons. The summed E-state index contributed by atoms with van der Waals surface area (Å²) < 4.78 is 0. The molecule has 4 atom stereocenters. The summed E-state index contributed by atoms with van der Waals surface area (Å²) in [5.41, 5.74) is 0. The van der Waals surface area contributed by atoms with E-state index >= 15 is 0 Å². The molecular formula is C15H26N2O3. The van der Waals surface area contributed by atoms with E-state index in [0.717, 1.165) is 32.2 Å². The quantitative estimate of drug-likeness (QED) is 0.813. The lowest BCUT2D eigenvalue weighted by Gasteiger charge is -2.35. The summed E-state index contributed by atoms with van der Waals surface area (Å²) in [6, 6.07) is 0.405. The zero-order valence-corrected chi connectivity index (χ0v) is 12.5. The van der Waals surface area contributed by atoms with Crippen LogP contribution in [0.2, 0.25) is 0 Å². The van der Waals surface area contributed by atoms with Gasteiger partial charge in [-0.3, -0.25) is 4.79 Å². The molecule has 1 saturated heterocycles. The van der Waals surface area contributed by atoms with E-state index in [0.29, 0.717) is 24.4 Å². The van der Waals surface area contributed by atoms with Crippen LogP contribution in [0.1, 0.15) is 46.0 Å². The molecule has 2 fully saturated rings. The maximum atomic E-state index is 12.2. The van der Waals surface area contributed by atoms with Gasteiger partial charge in [-0.15, -0.1) is 0 Å². The van der Waals surface area contributed by atoms with Gasteiger partial charge in [0.1, 0.15) is 0 Å². The molecule has 5 heteroatoms. The first-order chi connectivity index (χ1) is 9.51. The molecule has 5 nitrogen and oxygen atoms in total. The van der Waals surface area contributed by atoms with Gasteiger partial charge in [0.2, 0.25) is 0 Å². The number of carbonyl (C=O) groups is 2. The molecule has 1 saturated carbocycles. The number of likely N-dealkylation sites (tertiary alicyclic amines) is 1. The number of hydrogen-bond acceptors (Lipinski definition) is 2. The van der Waals surface area contributed by atoms with Crippen molar-refractivity contribution >= 4 is 12.0 Å². The van der Waals surface area contributed by atoms with Crippen molar-refractivity contribution in [3.05, 3.63) is 0 Å². The Kier molecular flexibility index (Phi) is 4.89. The number of aliphatic carboxylic acids is 1. The van der Waals surface area contributed by atoms with Crippen LogP contribution >= 0.6 is 0 Å². The van der Waals surface area contributed by atoms with E-state index in [-0.39, 0.29) is 18.4 Å². The van der Waals surface area contributed by atoms with E-state index in [1.54, 1.807) is 0 Å². The first kappa shape index (κ1) is 15.1. The Labute approximate surface area is 120 Å². The summed E-state index contributed by atoms with van der Waals surface area (Å²) >= 11 is 0. The van der Waals surface area contributed by atoms with Crippen LogP contribution in [0.25, 0.3) is 0 Å². The van der Waals surface area contributed by atoms with Crippen molar-refractivity contribution in [3.8, 4) is 0 Å². The van der Waals surface area contributed by atoms with Gasteiger partial charge >= 0.3 is 12.0 Å². The van der Waals surface area contributed by atoms with E-state index in [1.165, 1.54) is 0 Å². The molecule has 2 amide bonds. The van der Waals surface area contributed by atoms with Gasteiger partial charge in [-0.25, -0.2) is 4.79 Å². The van der Waals surface area contributed by atoms with Crippen LogP contribution < -0.4 is 5.32 Å². The molecule has 4 unspecified atom stereocenters. The number of carboxylic acid groups (broad SMARTS) is 1. The summed E-state index contributed by atoms with van der Waals surface area (Å²) in [6.45, 7) is 5.63. The molecule has 0 aromatic rings. The second-order valence-electron chi connectivity index (χ2n) is 6.38. The van der Waals surface area contributed by atoms with Crippen LogP contribution in [0.4, 0.5) is 4.79 Å². The van der Waals surface area contributed by atoms with Crippen molar-refractivity contribution in [2.75, 3.05) is 13.1 Å². The van der Waals surface area contributed by atoms with Gasteiger partial charge in [0.25, 0.3) is 0 Å². The number of nitrogens with zero attached hydrogens (tertiary/aromatic N) is 1. The predicted molar refractivity (Wildman–Crippen MR) is 76.4 cm³/mol. The van der Waals surface area contributed by atoms with Crippen molar-refractivity contribution in [2.45, 2.75) is 52.0 Å². The average molecular weight is 282 g/mol. The van der Waals surface area contributed by atoms with Gasteiger partial charge in [-0.05, 0) is 37.0 Å². The van der Waals surface area contributed by atoms with Crippen molar-refractivity contribution < 1.29 is 14.7 Å². The van der Waals surface area contributed by atoms with E-state index in [2.05, 4.69) is 12.2 Å². The third kappa shape index (κ3) is 3.87. The third-order valence-corrected chi connectivity index (χ3v) is 4.80. The highest BCUT2D eigenvalue weighted by molar-refractivity contribution is 5.75. The molecule has 1 aliphatic carbocycles. The normalized spacial score (nSPS) is 30.7. The summed E-state index contributed by atoms with van der Waals surface area (Å²) in [7, 11) is 0. The maximum absolute atomic E-state index is 12.2. The fourth-order valence-corrected chi connectivity index (χ4v) is 3.23. The Morgan fingerprint density at radius 3 is 2.80 bits per heavy atom. The Morgan fingerprint density at radius 1 is 1.45 bits per heavy atom. The standard InChI is InChI=1S/C15H26N2O3/c1-3-11-8-13(11)16-15(20)17-6-4-5-12(9-17)10(2)7-14(18)19/h10-13H,3-9H2,1-2H3,(H,16,20)(H,18,19). The minimum Gasteiger partial charge on any atom is -0.481 e. The average Bonchev–Trinajstić information content (AvgIpc) is 3.16. The van der Waals surface area contributed by atoms with Gasteiger partial charge in [0.05, 0.1) is 0 Å². The molecule has 0 bridgehead atoms. The molecule has 0 aromatic carbocycles. The number of amides is 2. The van der Waals surface area contributed by atoms with Gasteiger partial charge in [0.15, 0.2) is 0 Å². The minimum absolute atomic E-state index is 0.0400. The zero-order chi connectivity index (χ0) is 14.7. The Morgan fingerprint density at radius 2 is 2.20 bits per heavy atom. The topological polar surface area (TPSA) is 69.6 Å². The largest absolute Gasteiger partial charge is 0.481 e. The zero-order valence-electron chi connectivity index (χ0n) is 12.5. The highest BCUT2D eigenvalue weighted by Crippen LogP contribution is 2.33. The number of hydrogen-bond donors (Lipinski definition) is 2. The number of rotatable bonds is 5. The first-order valence-electron chi connectivity index (χ1n) is 7.78. The van der Waals surface area contributed by atoms with Crippen LogP contribution in [0, 0.1) is 17.8 Å². The van der Waals surface area contributed by atoms with Crippen molar-refractivity contribution in [2.24, 2.45) is 17.8 Å². The van der Waals surface area contributed by atoms with E-state index < -0.39 is 5.97 Å². The van der Waals surface area contributed by atoms with Crippen LogP contribution in [-0.2, 0) is 4.79 Å². The molecular weight excluding hydrogens is 256 g/mol. The van der Waals surface area contributed by atoms with Crippen molar-refractivity contribution in [1.29, 1.82) is 0 Å². The smallest absolute Gasteiger partial charge is 0.317 e. The number of carbonyl (C=O) groups excluding carboxylic acids is 1. The van der Waals surface area contributed by atoms with Crippen LogP contribution in [-0.4, -0.2) is 41.1 Å². The lowest BCUT2D eigenvalue weighted by atomic mass is 9.85. The monoisotopic (exact) mass is 282 g/mol. The summed E-state index contributed by atoms with van der Waals surface area (Å²) in [6.07, 6.45) is 4.43. The first-order valence-corrected chi connectivity index (χ1v) is 7.78. The fourth-order valence-electron chi connectivity index (χ4n) is 3.23. The molecule has 2 aliphatic rings. The predicted octanol–water partition coefficient (Wildman–Crippen LogP) is 2.32. The SMILES string of the molecule is CCC1CC1NC(=O)N1CCCC(C(C)CC(=O)O)C1. The van der Waals surface area contributed by atoms with Crippen LogP contribution in [0.3, 0.4) is 0 Å². The summed E-state index contributed by atoms with van der Waals surface area (Å²) in [5, 5.41) is 12.0. The third-order valence-electron chi connectivity index (χ3n) is 4.80. The highest BCUT2D eigenvalue weighted by Gasteiger charge is 2.38. The highest BCUT2D eigenvalue weighted by atomic mass is 16.4. The van der Waals surface area contributed by atoms with Gasteiger partial charge in [-0.2, -0.15) is 0 Å². The number of carboxylic acids is 1. The molecule has 114 valence electrons. The second-order valence-corrected chi connectivity index (χ2v) is 6.38. The summed E-state index contributed by atoms with van der Waals surface area (Å²) in [5.74, 6) is 0.354. The van der Waals surface area contributed by atoms with E-state index in [9.17, 15) is 9.59 Å². The summed E-state index contributed by atoms with van der Waals surface area (Å²) in [4.78, 5) is 24.9. The minimum atomic E-state index is -0.747. The lowest BCUT2D eigenvalue weighted by molar-refractivity contribution is -0.138. The number of urea groups is 1. The molecule has 0 aromatic heterocycles. The Hall–Kier alpha value is -1.26. The van der Waals surface area contributed by atoms with E-state index in [1.807, 2.05) is 11.8 Å². The van der Waals surface area contributed by atoms with Crippen molar-refractivity contribution in [1.82, 2.24) is 10.2 Å². The molecule has 2 N–H and O–H groups in total. The van der Waals surface area contributed by atoms with Gasteiger partial charge in [-0.1, -0.05) is 20.3 Å². The van der Waals surface area contributed by atoms with Crippen LogP contribution in [0.5, 0.6) is 0 Å². The van der Waals surface area contributed by atoms with Crippen molar-refractivity contribution in [3.63, 3.8) is 0 Å².